The van der Waals surface area contributed by atoms with Gasteiger partial charge in [-0.3, -0.25) is 9.59 Å². The van der Waals surface area contributed by atoms with E-state index in [2.05, 4.69) is 10.5 Å². The molecule has 0 unspecified atom stereocenters. The molecule has 2 amide bonds. The first-order valence-electron chi connectivity index (χ1n) is 6.99. The third-order valence-electron chi connectivity index (χ3n) is 3.51. The Morgan fingerprint density at radius 1 is 1.45 bits per heavy atom. The maximum atomic E-state index is 12.2. The van der Waals surface area contributed by atoms with Gasteiger partial charge < -0.3 is 14.7 Å². The molecule has 1 aromatic rings. The van der Waals surface area contributed by atoms with Gasteiger partial charge in [-0.1, -0.05) is 11.6 Å². The molecule has 1 atom stereocenters. The molecular weight excluding hydrogens is 310 g/mol. The second-order valence-electron chi connectivity index (χ2n) is 5.42. The van der Waals surface area contributed by atoms with Crippen LogP contribution in [0.3, 0.4) is 0 Å². The zero-order valence-corrected chi connectivity index (χ0v) is 13.4. The van der Waals surface area contributed by atoms with E-state index in [9.17, 15) is 18.0 Å². The Bertz CT molecular complexity index is 667. The monoisotopic (exact) mass is 329 g/mol. The molecule has 1 aliphatic rings. The fourth-order valence-electron chi connectivity index (χ4n) is 2.38. The number of aromatic nitrogens is 1. The number of likely N-dealkylation sites (N-methyl/N-ethyl adjacent to an activating group) is 1. The molecule has 2 heterocycles. The fraction of sp³-hybridized carbons (Fsp3) is 0.615. The van der Waals surface area contributed by atoms with E-state index in [1.165, 1.54) is 7.05 Å². The van der Waals surface area contributed by atoms with Crippen molar-refractivity contribution in [1.82, 2.24) is 10.1 Å². The Hall–Kier alpha value is -1.90. The second kappa shape index (κ2) is 6.47. The minimum atomic E-state index is -3.41. The maximum absolute atomic E-state index is 12.2. The van der Waals surface area contributed by atoms with Gasteiger partial charge in [0.15, 0.2) is 15.7 Å². The Balaban J connectivity index is 1.94. The number of hydrogen-bond donors (Lipinski definition) is 1. The molecule has 0 aromatic carbocycles. The highest BCUT2D eigenvalue weighted by Crippen LogP contribution is 2.21. The summed E-state index contributed by atoms with van der Waals surface area (Å²) in [7, 11) is -1.99. The minimum Gasteiger partial charge on any atom is -0.360 e. The lowest BCUT2D eigenvalue weighted by atomic mass is 10.1. The summed E-state index contributed by atoms with van der Waals surface area (Å²) in [5, 5.41) is 5.07. The lowest BCUT2D eigenvalue weighted by Gasteiger charge is -2.26. The van der Waals surface area contributed by atoms with E-state index in [0.29, 0.717) is 25.0 Å². The molecule has 1 saturated heterocycles. The number of nitrogens with zero attached hydrogens (tertiary/aromatic N) is 2. The summed E-state index contributed by atoms with van der Waals surface area (Å²) >= 11 is 0. The molecule has 22 heavy (non-hydrogen) atoms. The first-order valence-corrected chi connectivity index (χ1v) is 8.71. The second-order valence-corrected chi connectivity index (χ2v) is 7.72. The van der Waals surface area contributed by atoms with E-state index >= 15 is 0 Å². The van der Waals surface area contributed by atoms with Crippen LogP contribution in [-0.4, -0.2) is 54.9 Å². The smallest absolute Gasteiger partial charge is 0.245 e. The summed E-state index contributed by atoms with van der Waals surface area (Å²) in [4.78, 5) is 25.2. The molecule has 1 aliphatic heterocycles. The molecule has 0 saturated carbocycles. The molecule has 0 bridgehead atoms. The van der Waals surface area contributed by atoms with E-state index < -0.39 is 26.9 Å². The quantitative estimate of drug-likeness (QED) is 0.853. The van der Waals surface area contributed by atoms with Gasteiger partial charge in [0.05, 0.1) is 12.3 Å². The predicted octanol–water partition coefficient (Wildman–Crippen LogP) is 0.347. The third kappa shape index (κ3) is 3.85. The van der Waals surface area contributed by atoms with E-state index in [4.69, 9.17) is 4.52 Å². The Morgan fingerprint density at radius 3 is 2.77 bits per heavy atom. The van der Waals surface area contributed by atoms with Crippen LogP contribution < -0.4 is 5.32 Å². The fourth-order valence-corrected chi connectivity index (χ4v) is 4.28. The van der Waals surface area contributed by atoms with Crippen molar-refractivity contribution in [3.05, 3.63) is 11.8 Å². The summed E-state index contributed by atoms with van der Waals surface area (Å²) < 4.78 is 28.7. The van der Waals surface area contributed by atoms with Gasteiger partial charge in [-0.15, -0.1) is 0 Å². The van der Waals surface area contributed by atoms with Crippen LogP contribution in [0.25, 0.3) is 0 Å². The molecule has 1 aromatic heterocycles. The third-order valence-corrected chi connectivity index (χ3v) is 5.67. The van der Waals surface area contributed by atoms with Gasteiger partial charge in [-0.25, -0.2) is 8.42 Å². The predicted molar refractivity (Wildman–Crippen MR) is 78.9 cm³/mol. The molecule has 9 heteroatoms. The lowest BCUT2D eigenvalue weighted by Crippen LogP contribution is -2.46. The SMILES string of the molecule is Cc1cc(NC(=O)CN(C)C(=O)[C@H]2CCCCS2(=O)=O)no1. The largest absolute Gasteiger partial charge is 0.360 e. The van der Waals surface area contributed by atoms with Crippen molar-refractivity contribution >= 4 is 27.5 Å². The van der Waals surface area contributed by atoms with E-state index in [1.54, 1.807) is 13.0 Å². The van der Waals surface area contributed by atoms with Crippen molar-refractivity contribution in [2.24, 2.45) is 0 Å². The van der Waals surface area contributed by atoms with Crippen LogP contribution in [0.4, 0.5) is 5.82 Å². The zero-order valence-electron chi connectivity index (χ0n) is 12.5. The molecule has 1 fully saturated rings. The Labute approximate surface area is 128 Å². The van der Waals surface area contributed by atoms with Gasteiger partial charge >= 0.3 is 0 Å². The van der Waals surface area contributed by atoms with Crippen LogP contribution in [-0.2, 0) is 19.4 Å². The van der Waals surface area contributed by atoms with Crippen molar-refractivity contribution in [3.63, 3.8) is 0 Å². The van der Waals surface area contributed by atoms with E-state index in [1.807, 2.05) is 0 Å². The average molecular weight is 329 g/mol. The number of carbonyl (C=O) groups is 2. The van der Waals surface area contributed by atoms with Gasteiger partial charge in [0.2, 0.25) is 11.8 Å². The lowest BCUT2D eigenvalue weighted by molar-refractivity contribution is -0.133. The molecule has 0 radical (unpaired) electrons. The van der Waals surface area contributed by atoms with Crippen LogP contribution in [0, 0.1) is 6.92 Å². The standard InChI is InChI=1S/C13H19N3O5S/c1-9-7-11(15-21-9)14-12(17)8-16(2)13(18)10-5-3-4-6-22(10,19)20/h7,10H,3-6,8H2,1-2H3,(H,14,15,17)/t10-/m1/s1. The molecule has 0 aliphatic carbocycles. The highest BCUT2D eigenvalue weighted by molar-refractivity contribution is 7.92. The van der Waals surface area contributed by atoms with Crippen LogP contribution in [0.15, 0.2) is 10.6 Å². The maximum Gasteiger partial charge on any atom is 0.245 e. The van der Waals surface area contributed by atoms with Crippen molar-refractivity contribution < 1.29 is 22.5 Å². The van der Waals surface area contributed by atoms with E-state index in [0.717, 1.165) is 4.90 Å². The number of carbonyl (C=O) groups excluding carboxylic acids is 2. The molecule has 1 N–H and O–H groups in total. The first kappa shape index (κ1) is 16.5. The van der Waals surface area contributed by atoms with Crippen molar-refractivity contribution in [2.75, 3.05) is 24.7 Å². The number of aryl methyl sites for hydroxylation is 1. The summed E-state index contributed by atoms with van der Waals surface area (Å²) in [6.45, 7) is 1.45. The molecule has 122 valence electrons. The van der Waals surface area contributed by atoms with Crippen LogP contribution in [0.1, 0.15) is 25.0 Å². The highest BCUT2D eigenvalue weighted by atomic mass is 32.2. The topological polar surface area (TPSA) is 110 Å². The number of hydrogen-bond acceptors (Lipinski definition) is 6. The summed E-state index contributed by atoms with van der Waals surface area (Å²) in [6, 6.07) is 1.55. The first-order chi connectivity index (χ1) is 10.3. The molecule has 0 spiro atoms. The Morgan fingerprint density at radius 2 is 2.18 bits per heavy atom. The normalized spacial score (nSPS) is 20.4. The van der Waals surface area contributed by atoms with Crippen molar-refractivity contribution in [1.29, 1.82) is 0 Å². The van der Waals surface area contributed by atoms with Gasteiger partial charge in [0.1, 0.15) is 11.0 Å². The Kier molecular flexibility index (Phi) is 4.84. The number of sulfone groups is 1. The van der Waals surface area contributed by atoms with Crippen LogP contribution >= 0.6 is 0 Å². The van der Waals surface area contributed by atoms with Crippen molar-refractivity contribution in [2.45, 2.75) is 31.4 Å². The number of amides is 2. The number of nitrogens with one attached hydrogen (secondary N) is 1. The van der Waals surface area contributed by atoms with Crippen molar-refractivity contribution in [3.8, 4) is 0 Å². The van der Waals surface area contributed by atoms with Gasteiger partial charge in [0, 0.05) is 13.1 Å². The summed E-state index contributed by atoms with van der Waals surface area (Å²) in [6.07, 6.45) is 1.60. The number of anilines is 1. The average Bonchev–Trinajstić information content (AvgIpc) is 2.82. The summed E-state index contributed by atoms with van der Waals surface area (Å²) in [5.41, 5.74) is 0. The van der Waals surface area contributed by atoms with Gasteiger partial charge in [-0.2, -0.15) is 0 Å². The highest BCUT2D eigenvalue weighted by Gasteiger charge is 2.36. The molecule has 2 rings (SSSR count). The van der Waals surface area contributed by atoms with Crippen LogP contribution in [0.2, 0.25) is 0 Å². The van der Waals surface area contributed by atoms with E-state index in [-0.39, 0.29) is 18.1 Å². The number of rotatable bonds is 4. The summed E-state index contributed by atoms with van der Waals surface area (Å²) in [5.74, 6) is -0.160. The minimum absolute atomic E-state index is 0.0294. The van der Waals surface area contributed by atoms with Crippen LogP contribution in [0.5, 0.6) is 0 Å². The molecule has 8 nitrogen and oxygen atoms in total. The van der Waals surface area contributed by atoms with Gasteiger partial charge in [-0.05, 0) is 19.8 Å². The molecular formula is C13H19N3O5S. The zero-order chi connectivity index (χ0) is 16.3. The van der Waals surface area contributed by atoms with Gasteiger partial charge in [0.25, 0.3) is 0 Å².